The van der Waals surface area contributed by atoms with Crippen LogP contribution in [0.25, 0.3) is 0 Å². The fourth-order valence-electron chi connectivity index (χ4n) is 2.79. The van der Waals surface area contributed by atoms with E-state index in [9.17, 15) is 5.11 Å². The Balaban J connectivity index is 1.80. The van der Waals surface area contributed by atoms with Crippen LogP contribution in [0.15, 0.2) is 30.6 Å². The second kappa shape index (κ2) is 5.91. The van der Waals surface area contributed by atoms with Gasteiger partial charge in [0.25, 0.3) is 0 Å². The van der Waals surface area contributed by atoms with Crippen LogP contribution in [0.1, 0.15) is 18.4 Å². The third-order valence-electron chi connectivity index (χ3n) is 4.06. The van der Waals surface area contributed by atoms with E-state index in [-0.39, 0.29) is 5.82 Å². The predicted molar refractivity (Wildman–Crippen MR) is 88.3 cm³/mol. The number of halogens is 2. The molecule has 1 aliphatic rings. The summed E-state index contributed by atoms with van der Waals surface area (Å²) in [7, 11) is 0. The minimum Gasteiger partial charge on any atom is -0.385 e. The maximum Gasteiger partial charge on any atom is 0.153 e. The molecule has 1 aromatic carbocycles. The summed E-state index contributed by atoms with van der Waals surface area (Å²) in [6.45, 7) is 1.22. The van der Waals surface area contributed by atoms with Gasteiger partial charge in [0, 0.05) is 23.7 Å². The van der Waals surface area contributed by atoms with Crippen molar-refractivity contribution in [2.45, 2.75) is 18.4 Å². The van der Waals surface area contributed by atoms with Gasteiger partial charge in [-0.25, -0.2) is 9.97 Å². The van der Waals surface area contributed by atoms with Crippen molar-refractivity contribution in [1.82, 2.24) is 9.97 Å². The lowest BCUT2D eigenvalue weighted by molar-refractivity contribution is 0.0118. The zero-order valence-electron chi connectivity index (χ0n) is 11.8. The monoisotopic (exact) mass is 338 g/mol. The molecule has 0 saturated carbocycles. The van der Waals surface area contributed by atoms with Crippen molar-refractivity contribution in [2.24, 2.45) is 0 Å². The van der Waals surface area contributed by atoms with Gasteiger partial charge in [0.2, 0.25) is 0 Å². The van der Waals surface area contributed by atoms with Gasteiger partial charge in [0.05, 0.1) is 5.60 Å². The molecule has 0 amide bonds. The van der Waals surface area contributed by atoms with Crippen molar-refractivity contribution in [1.29, 1.82) is 0 Å². The molecule has 5 nitrogen and oxygen atoms in total. The van der Waals surface area contributed by atoms with E-state index >= 15 is 0 Å². The second-order valence-corrected chi connectivity index (χ2v) is 6.18. The molecule has 0 bridgehead atoms. The van der Waals surface area contributed by atoms with Gasteiger partial charge in [-0.3, -0.25) is 0 Å². The summed E-state index contributed by atoms with van der Waals surface area (Å²) in [5, 5.41) is 11.8. The number of nitrogen functional groups attached to an aromatic ring is 1. The molecular formula is C15H16Cl2N4O. The van der Waals surface area contributed by atoms with Crippen molar-refractivity contribution >= 4 is 34.8 Å². The van der Waals surface area contributed by atoms with Crippen LogP contribution in [0, 0.1) is 0 Å². The topological polar surface area (TPSA) is 75.3 Å². The maximum atomic E-state index is 10.9. The van der Waals surface area contributed by atoms with Gasteiger partial charge in [0.1, 0.15) is 17.2 Å². The van der Waals surface area contributed by atoms with Gasteiger partial charge >= 0.3 is 0 Å². The van der Waals surface area contributed by atoms with Gasteiger partial charge < -0.3 is 15.7 Å². The fraction of sp³-hybridized carbons (Fsp3) is 0.333. The number of hydrogen-bond acceptors (Lipinski definition) is 5. The van der Waals surface area contributed by atoms with Crippen LogP contribution in [0.3, 0.4) is 0 Å². The quantitative estimate of drug-likeness (QED) is 0.880. The number of nitrogens with two attached hydrogens (primary N) is 1. The van der Waals surface area contributed by atoms with Gasteiger partial charge in [0.15, 0.2) is 5.82 Å². The molecule has 0 atom stereocenters. The van der Waals surface area contributed by atoms with Crippen LogP contribution in [-0.2, 0) is 5.60 Å². The minimum absolute atomic E-state index is 0.263. The molecule has 22 heavy (non-hydrogen) atoms. The lowest BCUT2D eigenvalue weighted by Gasteiger charge is -2.39. The largest absolute Gasteiger partial charge is 0.385 e. The van der Waals surface area contributed by atoms with Crippen molar-refractivity contribution in [3.63, 3.8) is 0 Å². The van der Waals surface area contributed by atoms with Crippen LogP contribution < -0.4 is 10.6 Å². The first-order valence-corrected chi connectivity index (χ1v) is 7.75. The lowest BCUT2D eigenvalue weighted by Crippen LogP contribution is -2.43. The second-order valence-electron chi connectivity index (χ2n) is 5.39. The van der Waals surface area contributed by atoms with Gasteiger partial charge in [-0.1, -0.05) is 41.4 Å². The van der Waals surface area contributed by atoms with Gasteiger partial charge in [-0.15, -0.1) is 0 Å². The van der Waals surface area contributed by atoms with Crippen molar-refractivity contribution in [2.75, 3.05) is 23.7 Å². The molecule has 0 unspecified atom stereocenters. The first kappa shape index (κ1) is 15.3. The van der Waals surface area contributed by atoms with E-state index in [1.165, 1.54) is 6.33 Å². The maximum absolute atomic E-state index is 10.9. The molecule has 2 heterocycles. The Labute approximate surface area is 138 Å². The van der Waals surface area contributed by atoms with Crippen molar-refractivity contribution in [3.05, 3.63) is 46.2 Å². The van der Waals surface area contributed by atoms with E-state index in [1.807, 2.05) is 23.1 Å². The average Bonchev–Trinajstić information content (AvgIpc) is 2.51. The Bertz CT molecular complexity index is 687. The van der Waals surface area contributed by atoms with E-state index in [0.717, 1.165) is 5.56 Å². The average molecular weight is 339 g/mol. The normalized spacial score (nSPS) is 17.5. The van der Waals surface area contributed by atoms with E-state index in [4.69, 9.17) is 28.9 Å². The molecule has 0 aliphatic carbocycles. The number of anilines is 2. The Kier molecular flexibility index (Phi) is 4.12. The van der Waals surface area contributed by atoms with Crippen LogP contribution in [-0.4, -0.2) is 28.2 Å². The number of nitrogens with zero attached hydrogens (tertiary/aromatic N) is 3. The summed E-state index contributed by atoms with van der Waals surface area (Å²) >= 11 is 12.4. The summed E-state index contributed by atoms with van der Waals surface area (Å²) in [5.41, 5.74) is 5.55. The zero-order chi connectivity index (χ0) is 15.7. The molecule has 0 spiro atoms. The zero-order valence-corrected chi connectivity index (χ0v) is 13.3. The van der Waals surface area contributed by atoms with Crippen LogP contribution in [0.2, 0.25) is 10.0 Å². The SMILES string of the molecule is Nc1ncnc(N2CCC(O)(c3ccccc3Cl)CC2)c1Cl. The third kappa shape index (κ3) is 2.72. The standard InChI is InChI=1S/C15H16Cl2N4O/c16-11-4-2-1-3-10(11)15(22)5-7-21(8-6-15)14-12(17)13(18)19-9-20-14/h1-4,9,22H,5-8H2,(H2,18,19,20). The van der Waals surface area contributed by atoms with Crippen LogP contribution in [0.4, 0.5) is 11.6 Å². The Morgan fingerprint density at radius 3 is 2.50 bits per heavy atom. The number of hydrogen-bond donors (Lipinski definition) is 2. The number of aromatic nitrogens is 2. The number of piperidine rings is 1. The third-order valence-corrected chi connectivity index (χ3v) is 4.76. The molecule has 1 fully saturated rings. The molecule has 3 rings (SSSR count). The first-order valence-electron chi connectivity index (χ1n) is 6.99. The summed E-state index contributed by atoms with van der Waals surface area (Å²) < 4.78 is 0. The molecule has 1 aromatic heterocycles. The molecule has 2 aromatic rings. The highest BCUT2D eigenvalue weighted by Crippen LogP contribution is 2.38. The summed E-state index contributed by atoms with van der Waals surface area (Å²) in [4.78, 5) is 10.1. The minimum atomic E-state index is -0.931. The number of rotatable bonds is 2. The van der Waals surface area contributed by atoms with Crippen LogP contribution in [0.5, 0.6) is 0 Å². The van der Waals surface area contributed by atoms with Crippen molar-refractivity contribution in [3.8, 4) is 0 Å². The van der Waals surface area contributed by atoms with Crippen molar-refractivity contribution < 1.29 is 5.11 Å². The molecule has 1 saturated heterocycles. The van der Waals surface area contributed by atoms with Gasteiger partial charge in [-0.2, -0.15) is 0 Å². The smallest absolute Gasteiger partial charge is 0.153 e. The molecule has 1 aliphatic heterocycles. The Hall–Kier alpha value is -1.56. The molecule has 116 valence electrons. The number of benzene rings is 1. The highest BCUT2D eigenvalue weighted by Gasteiger charge is 2.36. The van der Waals surface area contributed by atoms with E-state index in [1.54, 1.807) is 6.07 Å². The Morgan fingerprint density at radius 2 is 1.82 bits per heavy atom. The van der Waals surface area contributed by atoms with E-state index in [2.05, 4.69) is 9.97 Å². The summed E-state index contributed by atoms with van der Waals surface area (Å²) in [6, 6.07) is 7.40. The highest BCUT2D eigenvalue weighted by molar-refractivity contribution is 6.35. The van der Waals surface area contributed by atoms with Crippen LogP contribution >= 0.6 is 23.2 Å². The van der Waals surface area contributed by atoms with Gasteiger partial charge in [-0.05, 0) is 18.9 Å². The first-order chi connectivity index (χ1) is 10.5. The fourth-order valence-corrected chi connectivity index (χ4v) is 3.32. The highest BCUT2D eigenvalue weighted by atomic mass is 35.5. The molecule has 3 N–H and O–H groups in total. The summed E-state index contributed by atoms with van der Waals surface area (Å²) in [6.07, 6.45) is 2.47. The molecular weight excluding hydrogens is 323 g/mol. The predicted octanol–water partition coefficient (Wildman–Crippen LogP) is 2.85. The lowest BCUT2D eigenvalue weighted by atomic mass is 9.84. The Morgan fingerprint density at radius 1 is 1.14 bits per heavy atom. The van der Waals surface area contributed by atoms with E-state index in [0.29, 0.717) is 41.8 Å². The summed E-state index contributed by atoms with van der Waals surface area (Å²) in [5.74, 6) is 0.869. The molecule has 7 heteroatoms. The molecule has 0 radical (unpaired) electrons. The number of aliphatic hydroxyl groups is 1. The van der Waals surface area contributed by atoms with E-state index < -0.39 is 5.60 Å².